The van der Waals surface area contributed by atoms with Crippen LogP contribution in [0.1, 0.15) is 47.5 Å². The first kappa shape index (κ1) is 15.5. The number of pyridine rings is 1. The molecule has 0 amide bonds. The third-order valence-electron chi connectivity index (χ3n) is 5.10. The Bertz CT molecular complexity index is 791. The highest BCUT2D eigenvalue weighted by molar-refractivity contribution is 5.94. The molecule has 0 unspecified atom stereocenters. The van der Waals surface area contributed by atoms with Gasteiger partial charge in [0.2, 0.25) is 0 Å². The molecule has 5 nitrogen and oxygen atoms in total. The van der Waals surface area contributed by atoms with Crippen LogP contribution in [0.15, 0.2) is 24.4 Å². The molecule has 1 N–H and O–H groups in total. The van der Waals surface area contributed by atoms with Gasteiger partial charge in [-0.05, 0) is 42.5 Å². The first-order valence-electron chi connectivity index (χ1n) is 8.17. The highest BCUT2D eigenvalue weighted by Gasteiger charge is 2.40. The second-order valence-electron chi connectivity index (χ2n) is 6.44. The van der Waals surface area contributed by atoms with Gasteiger partial charge in [0.05, 0.1) is 24.3 Å². The van der Waals surface area contributed by atoms with Crippen LogP contribution < -0.4 is 0 Å². The summed E-state index contributed by atoms with van der Waals surface area (Å²) in [6.07, 6.45) is 5.07. The average molecular weight is 331 g/mol. The second kappa shape index (κ2) is 5.79. The number of hydrogen-bond acceptors (Lipinski definition) is 4. The fraction of sp³-hybridized carbons (Fsp3) is 0.444. The first-order chi connectivity index (χ1) is 11.6. The van der Waals surface area contributed by atoms with E-state index in [1.807, 2.05) is 6.07 Å². The Morgan fingerprint density at radius 2 is 1.96 bits per heavy atom. The number of carboxylic acids is 1. The Morgan fingerprint density at radius 1 is 1.25 bits per heavy atom. The molecule has 4 rings (SSSR count). The highest BCUT2D eigenvalue weighted by atomic mass is 19.1. The molecule has 1 aromatic heterocycles. The molecular weight excluding hydrogens is 313 g/mol. The molecule has 24 heavy (non-hydrogen) atoms. The van der Waals surface area contributed by atoms with Crippen molar-refractivity contribution in [2.45, 2.75) is 37.4 Å². The van der Waals surface area contributed by atoms with Gasteiger partial charge in [-0.15, -0.1) is 0 Å². The molecule has 1 spiro atoms. The SMILES string of the molecule is O=C(O)c1cc2nccc(C3CCC4(CC3)OCCO4)c2cc1F. The molecule has 0 radical (unpaired) electrons. The van der Waals surface area contributed by atoms with Crippen LogP contribution in [-0.4, -0.2) is 35.1 Å². The zero-order valence-electron chi connectivity index (χ0n) is 13.1. The molecule has 6 heteroatoms. The van der Waals surface area contributed by atoms with Crippen LogP contribution in [0.5, 0.6) is 0 Å². The van der Waals surface area contributed by atoms with Crippen LogP contribution in [0, 0.1) is 5.82 Å². The normalized spacial score (nSPS) is 20.7. The van der Waals surface area contributed by atoms with Gasteiger partial charge in [-0.3, -0.25) is 4.98 Å². The summed E-state index contributed by atoms with van der Waals surface area (Å²) in [5.74, 6) is -2.17. The highest BCUT2D eigenvalue weighted by Crippen LogP contribution is 2.43. The van der Waals surface area contributed by atoms with Gasteiger partial charge in [0, 0.05) is 24.4 Å². The van der Waals surface area contributed by atoms with E-state index in [-0.39, 0.29) is 11.5 Å². The van der Waals surface area contributed by atoms with Crippen molar-refractivity contribution in [2.75, 3.05) is 13.2 Å². The van der Waals surface area contributed by atoms with E-state index >= 15 is 0 Å². The Kier molecular flexibility index (Phi) is 3.73. The second-order valence-corrected chi connectivity index (χ2v) is 6.44. The maximum absolute atomic E-state index is 14.1. The molecule has 2 heterocycles. The van der Waals surface area contributed by atoms with Gasteiger partial charge < -0.3 is 14.6 Å². The maximum Gasteiger partial charge on any atom is 0.338 e. The molecule has 0 bridgehead atoms. The topological polar surface area (TPSA) is 68.7 Å². The van der Waals surface area contributed by atoms with E-state index in [1.165, 1.54) is 12.1 Å². The number of benzene rings is 1. The van der Waals surface area contributed by atoms with E-state index in [1.54, 1.807) is 6.20 Å². The minimum atomic E-state index is -1.28. The summed E-state index contributed by atoms with van der Waals surface area (Å²) in [6, 6.07) is 4.51. The Labute approximate surface area is 138 Å². The van der Waals surface area contributed by atoms with E-state index < -0.39 is 17.6 Å². The number of halogens is 1. The van der Waals surface area contributed by atoms with Crippen molar-refractivity contribution < 1.29 is 23.8 Å². The van der Waals surface area contributed by atoms with Crippen LogP contribution in [0.3, 0.4) is 0 Å². The summed E-state index contributed by atoms with van der Waals surface area (Å²) in [4.78, 5) is 15.3. The lowest BCUT2D eigenvalue weighted by Crippen LogP contribution is -2.34. The van der Waals surface area contributed by atoms with Crippen molar-refractivity contribution >= 4 is 16.9 Å². The molecule has 2 aromatic rings. The van der Waals surface area contributed by atoms with Crippen molar-refractivity contribution in [3.63, 3.8) is 0 Å². The maximum atomic E-state index is 14.1. The van der Waals surface area contributed by atoms with Crippen LogP contribution in [0.25, 0.3) is 10.9 Å². The van der Waals surface area contributed by atoms with Crippen LogP contribution in [-0.2, 0) is 9.47 Å². The molecule has 1 aliphatic carbocycles. The number of aromatic carboxylic acids is 1. The standard InChI is InChI=1S/C18H18FNO4/c19-15-9-13-12(3-6-20-16(13)10-14(15)17(21)22)11-1-4-18(5-2-11)23-7-8-24-18/h3,6,9-11H,1-2,4-5,7-8H2,(H,21,22). The quantitative estimate of drug-likeness (QED) is 0.912. The smallest absolute Gasteiger partial charge is 0.338 e. The number of aromatic nitrogens is 1. The van der Waals surface area contributed by atoms with Crippen LogP contribution in [0.4, 0.5) is 4.39 Å². The van der Waals surface area contributed by atoms with E-state index in [0.717, 1.165) is 31.2 Å². The number of carboxylic acid groups (broad SMARTS) is 1. The summed E-state index contributed by atoms with van der Waals surface area (Å²) >= 11 is 0. The molecular formula is C18H18FNO4. The van der Waals surface area contributed by atoms with Gasteiger partial charge in [0.25, 0.3) is 0 Å². The molecule has 0 atom stereocenters. The van der Waals surface area contributed by atoms with Gasteiger partial charge in [-0.2, -0.15) is 0 Å². The number of rotatable bonds is 2. The average Bonchev–Trinajstić information content (AvgIpc) is 3.02. The fourth-order valence-electron chi connectivity index (χ4n) is 3.86. The third kappa shape index (κ3) is 2.56. The van der Waals surface area contributed by atoms with Gasteiger partial charge in [-0.25, -0.2) is 9.18 Å². The largest absolute Gasteiger partial charge is 0.478 e. The van der Waals surface area contributed by atoms with Crippen molar-refractivity contribution in [3.05, 3.63) is 41.3 Å². The Balaban J connectivity index is 1.67. The summed E-state index contributed by atoms with van der Waals surface area (Å²) in [5.41, 5.74) is 1.19. The number of carbonyl (C=O) groups is 1. The van der Waals surface area contributed by atoms with E-state index in [4.69, 9.17) is 14.6 Å². The van der Waals surface area contributed by atoms with Crippen molar-refractivity contribution in [1.29, 1.82) is 0 Å². The van der Waals surface area contributed by atoms with Gasteiger partial charge >= 0.3 is 5.97 Å². The molecule has 1 saturated heterocycles. The number of hydrogen-bond donors (Lipinski definition) is 1. The predicted molar refractivity (Wildman–Crippen MR) is 84.5 cm³/mol. The first-order valence-corrected chi connectivity index (χ1v) is 8.17. The molecule has 2 aliphatic rings. The van der Waals surface area contributed by atoms with Crippen LogP contribution in [0.2, 0.25) is 0 Å². The molecule has 1 aromatic carbocycles. The summed E-state index contributed by atoms with van der Waals surface area (Å²) in [6.45, 7) is 1.29. The number of nitrogens with zero attached hydrogens (tertiary/aromatic N) is 1. The van der Waals surface area contributed by atoms with Crippen LogP contribution >= 0.6 is 0 Å². The lowest BCUT2D eigenvalue weighted by molar-refractivity contribution is -0.178. The summed E-state index contributed by atoms with van der Waals surface area (Å²) in [7, 11) is 0. The molecule has 1 aliphatic heterocycles. The molecule has 126 valence electrons. The van der Waals surface area contributed by atoms with Gasteiger partial charge in [-0.1, -0.05) is 0 Å². The van der Waals surface area contributed by atoms with Crippen molar-refractivity contribution in [1.82, 2.24) is 4.98 Å². The van der Waals surface area contributed by atoms with Crippen molar-refractivity contribution in [3.8, 4) is 0 Å². The summed E-state index contributed by atoms with van der Waals surface area (Å²) < 4.78 is 25.6. The zero-order chi connectivity index (χ0) is 16.7. The summed E-state index contributed by atoms with van der Waals surface area (Å²) in [5, 5.41) is 9.75. The minimum absolute atomic E-state index is 0.268. The van der Waals surface area contributed by atoms with Gasteiger partial charge in [0.15, 0.2) is 5.79 Å². The zero-order valence-corrected chi connectivity index (χ0v) is 13.1. The van der Waals surface area contributed by atoms with E-state index in [9.17, 15) is 9.18 Å². The molecule has 1 saturated carbocycles. The van der Waals surface area contributed by atoms with E-state index in [0.29, 0.717) is 24.1 Å². The number of ether oxygens (including phenoxy) is 2. The predicted octanol–water partition coefficient (Wildman–Crippen LogP) is 3.47. The Hall–Kier alpha value is -2.05. The monoisotopic (exact) mass is 331 g/mol. The van der Waals surface area contributed by atoms with Crippen molar-refractivity contribution in [2.24, 2.45) is 0 Å². The molecule has 2 fully saturated rings. The third-order valence-corrected chi connectivity index (χ3v) is 5.10. The fourth-order valence-corrected chi connectivity index (χ4v) is 3.86. The number of fused-ring (bicyclic) bond motifs is 1. The Morgan fingerprint density at radius 3 is 2.62 bits per heavy atom. The lowest BCUT2D eigenvalue weighted by atomic mass is 9.80. The lowest BCUT2D eigenvalue weighted by Gasteiger charge is -2.35. The minimum Gasteiger partial charge on any atom is -0.478 e. The van der Waals surface area contributed by atoms with Gasteiger partial charge in [0.1, 0.15) is 5.82 Å². The van der Waals surface area contributed by atoms with E-state index in [2.05, 4.69) is 4.98 Å².